The lowest BCUT2D eigenvalue weighted by Crippen LogP contribution is -2.51. The number of hydrogen-bond donors (Lipinski definition) is 2. The van der Waals surface area contributed by atoms with E-state index in [-0.39, 0.29) is 0 Å². The highest BCUT2D eigenvalue weighted by Gasteiger charge is 2.32. The molecule has 0 aliphatic heterocycles. The lowest BCUT2D eigenvalue weighted by atomic mass is 10.0. The molecule has 0 aromatic heterocycles. The molecule has 0 heterocycles. The van der Waals surface area contributed by atoms with E-state index in [0.717, 1.165) is 17.9 Å². The minimum absolute atomic E-state index is 0.517. The molecular weight excluding hydrogens is 270 g/mol. The van der Waals surface area contributed by atoms with Gasteiger partial charge in [0.15, 0.2) is 0 Å². The summed E-state index contributed by atoms with van der Waals surface area (Å²) in [6.45, 7) is 8.83. The lowest BCUT2D eigenvalue weighted by molar-refractivity contribution is -0.143. The molecule has 1 rings (SSSR count). The monoisotopic (exact) mass is 295 g/mol. The summed E-state index contributed by atoms with van der Waals surface area (Å²) in [6.07, 6.45) is 0.927. The van der Waals surface area contributed by atoms with Crippen molar-refractivity contribution in [3.05, 3.63) is 29.8 Å². The Morgan fingerprint density at radius 1 is 1.35 bits per heavy atom. The Balaban J connectivity index is 2.65. The van der Waals surface area contributed by atoms with E-state index >= 15 is 0 Å². The molecular formula is C16H25NO2S. The van der Waals surface area contributed by atoms with Crippen molar-refractivity contribution in [1.82, 2.24) is 5.32 Å². The summed E-state index contributed by atoms with van der Waals surface area (Å²) in [6, 6.07) is 8.37. The van der Waals surface area contributed by atoms with E-state index < -0.39 is 11.5 Å². The Labute approximate surface area is 126 Å². The molecule has 0 aliphatic carbocycles. The van der Waals surface area contributed by atoms with Crippen LogP contribution in [-0.4, -0.2) is 28.9 Å². The first-order valence-corrected chi connectivity index (χ1v) is 8.09. The van der Waals surface area contributed by atoms with Gasteiger partial charge in [-0.25, -0.2) is 0 Å². The summed E-state index contributed by atoms with van der Waals surface area (Å²) in [5.41, 5.74) is 0.427. The van der Waals surface area contributed by atoms with Gasteiger partial charge in [-0.15, -0.1) is 11.8 Å². The number of carbonyl (C=O) groups is 1. The number of carboxylic acid groups (broad SMARTS) is 1. The summed E-state index contributed by atoms with van der Waals surface area (Å²) in [5.74, 6) is 0.241. The minimum Gasteiger partial charge on any atom is -0.480 e. The highest BCUT2D eigenvalue weighted by atomic mass is 32.2. The van der Waals surface area contributed by atoms with Gasteiger partial charge >= 0.3 is 5.97 Å². The molecule has 20 heavy (non-hydrogen) atoms. The highest BCUT2D eigenvalue weighted by molar-refractivity contribution is 7.99. The summed E-state index contributed by atoms with van der Waals surface area (Å²) in [5, 5.41) is 12.5. The smallest absolute Gasteiger partial charge is 0.324 e. The Morgan fingerprint density at radius 3 is 2.40 bits per heavy atom. The highest BCUT2D eigenvalue weighted by Crippen LogP contribution is 2.25. The third-order valence-electron chi connectivity index (χ3n) is 3.31. The van der Waals surface area contributed by atoms with Crippen molar-refractivity contribution in [3.63, 3.8) is 0 Å². The second-order valence-electron chi connectivity index (χ2n) is 5.58. The molecule has 0 spiro atoms. The van der Waals surface area contributed by atoms with E-state index in [9.17, 15) is 9.90 Å². The number of benzene rings is 1. The van der Waals surface area contributed by atoms with Crippen LogP contribution in [0.5, 0.6) is 0 Å². The number of carboxylic acids is 1. The van der Waals surface area contributed by atoms with Gasteiger partial charge in [-0.1, -0.05) is 32.9 Å². The quantitative estimate of drug-likeness (QED) is 0.717. The van der Waals surface area contributed by atoms with Gasteiger partial charge in [-0.3, -0.25) is 4.79 Å². The van der Waals surface area contributed by atoms with Crippen molar-refractivity contribution in [2.24, 2.45) is 0 Å². The Hall–Kier alpha value is -1.00. The van der Waals surface area contributed by atoms with Gasteiger partial charge in [-0.05, 0) is 43.5 Å². The molecule has 1 atom stereocenters. The van der Waals surface area contributed by atoms with Crippen LogP contribution in [0, 0.1) is 0 Å². The van der Waals surface area contributed by atoms with E-state index in [0.29, 0.717) is 11.7 Å². The summed E-state index contributed by atoms with van der Waals surface area (Å²) in [7, 11) is 0. The molecule has 0 bridgehead atoms. The zero-order chi connectivity index (χ0) is 15.2. The molecule has 0 saturated heterocycles. The number of aliphatic carboxylic acids is 1. The maximum absolute atomic E-state index is 11.4. The SMILES string of the molecule is CCCNC(C)(CSc1ccc(C(C)C)cc1)C(=O)O. The Morgan fingerprint density at radius 2 is 1.95 bits per heavy atom. The van der Waals surface area contributed by atoms with Crippen LogP contribution >= 0.6 is 11.8 Å². The predicted molar refractivity (Wildman–Crippen MR) is 85.6 cm³/mol. The summed E-state index contributed by atoms with van der Waals surface area (Å²) in [4.78, 5) is 12.5. The van der Waals surface area contributed by atoms with E-state index in [1.165, 1.54) is 5.56 Å². The zero-order valence-corrected chi connectivity index (χ0v) is 13.6. The lowest BCUT2D eigenvalue weighted by Gasteiger charge is -2.25. The minimum atomic E-state index is -0.878. The van der Waals surface area contributed by atoms with E-state index in [1.54, 1.807) is 18.7 Å². The number of rotatable bonds is 8. The van der Waals surface area contributed by atoms with E-state index in [4.69, 9.17) is 0 Å². The maximum atomic E-state index is 11.4. The van der Waals surface area contributed by atoms with Crippen LogP contribution in [0.25, 0.3) is 0 Å². The van der Waals surface area contributed by atoms with E-state index in [1.807, 2.05) is 6.92 Å². The molecule has 0 fully saturated rings. The van der Waals surface area contributed by atoms with Crippen LogP contribution in [-0.2, 0) is 4.79 Å². The molecule has 2 N–H and O–H groups in total. The van der Waals surface area contributed by atoms with Gasteiger partial charge in [0, 0.05) is 10.6 Å². The molecule has 4 heteroatoms. The molecule has 0 amide bonds. The van der Waals surface area contributed by atoms with Crippen molar-refractivity contribution < 1.29 is 9.90 Å². The second-order valence-corrected chi connectivity index (χ2v) is 6.63. The van der Waals surface area contributed by atoms with Crippen LogP contribution in [0.15, 0.2) is 29.2 Å². The largest absolute Gasteiger partial charge is 0.480 e. The Bertz CT molecular complexity index is 431. The fraction of sp³-hybridized carbons (Fsp3) is 0.562. The first-order chi connectivity index (χ1) is 9.39. The number of hydrogen-bond acceptors (Lipinski definition) is 3. The molecule has 0 saturated carbocycles. The van der Waals surface area contributed by atoms with E-state index in [2.05, 4.69) is 43.4 Å². The van der Waals surface area contributed by atoms with Crippen molar-refractivity contribution in [2.45, 2.75) is 50.5 Å². The molecule has 3 nitrogen and oxygen atoms in total. The first kappa shape index (κ1) is 17.1. The number of thioether (sulfide) groups is 1. The Kier molecular flexibility index (Phi) is 6.56. The molecule has 1 aromatic rings. The van der Waals surface area contributed by atoms with Gasteiger partial charge in [0.05, 0.1) is 0 Å². The standard InChI is InChI=1S/C16H25NO2S/c1-5-10-17-16(4,15(18)19)11-20-14-8-6-13(7-9-14)12(2)3/h6-9,12,17H,5,10-11H2,1-4H3,(H,18,19). The summed E-state index contributed by atoms with van der Waals surface area (Å²) < 4.78 is 0. The summed E-state index contributed by atoms with van der Waals surface area (Å²) >= 11 is 1.58. The van der Waals surface area contributed by atoms with Gasteiger partial charge in [-0.2, -0.15) is 0 Å². The van der Waals surface area contributed by atoms with Crippen LogP contribution in [0.2, 0.25) is 0 Å². The fourth-order valence-corrected chi connectivity index (χ4v) is 2.78. The van der Waals surface area contributed by atoms with Crippen LogP contribution in [0.1, 0.15) is 45.6 Å². The van der Waals surface area contributed by atoms with Crippen LogP contribution < -0.4 is 5.32 Å². The van der Waals surface area contributed by atoms with Crippen LogP contribution in [0.4, 0.5) is 0 Å². The van der Waals surface area contributed by atoms with Crippen molar-refractivity contribution in [3.8, 4) is 0 Å². The van der Waals surface area contributed by atoms with Crippen molar-refractivity contribution >= 4 is 17.7 Å². The van der Waals surface area contributed by atoms with Crippen molar-refractivity contribution in [1.29, 1.82) is 0 Å². The predicted octanol–water partition coefficient (Wildman–Crippen LogP) is 3.75. The van der Waals surface area contributed by atoms with Gasteiger partial charge in [0.25, 0.3) is 0 Å². The van der Waals surface area contributed by atoms with Gasteiger partial charge < -0.3 is 10.4 Å². The third-order valence-corrected chi connectivity index (χ3v) is 4.64. The fourth-order valence-electron chi connectivity index (χ4n) is 1.77. The average Bonchev–Trinajstić information content (AvgIpc) is 2.43. The first-order valence-electron chi connectivity index (χ1n) is 7.10. The average molecular weight is 295 g/mol. The van der Waals surface area contributed by atoms with Crippen LogP contribution in [0.3, 0.4) is 0 Å². The molecule has 1 unspecified atom stereocenters. The van der Waals surface area contributed by atoms with Gasteiger partial charge in [0.1, 0.15) is 5.54 Å². The zero-order valence-electron chi connectivity index (χ0n) is 12.8. The molecule has 0 aliphatic rings. The third kappa shape index (κ3) is 4.84. The molecule has 1 aromatic carbocycles. The second kappa shape index (κ2) is 7.70. The van der Waals surface area contributed by atoms with Crippen molar-refractivity contribution in [2.75, 3.05) is 12.3 Å². The molecule has 112 valence electrons. The number of nitrogens with one attached hydrogen (secondary N) is 1. The normalized spacial score (nSPS) is 14.2. The maximum Gasteiger partial charge on any atom is 0.324 e. The molecule has 0 radical (unpaired) electrons. The van der Waals surface area contributed by atoms with Gasteiger partial charge in [0.2, 0.25) is 0 Å². The topological polar surface area (TPSA) is 49.3 Å².